The monoisotopic (exact) mass is 664 g/mol. The fourth-order valence-corrected chi connectivity index (χ4v) is 6.78. The maximum absolute atomic E-state index is 2.35. The summed E-state index contributed by atoms with van der Waals surface area (Å²) in [5.41, 5.74) is 13.9. The Morgan fingerprint density at radius 2 is 0.902 bits per heavy atom. The second kappa shape index (κ2) is 17.0. The maximum Gasteiger partial charge on any atom is -0.00296 e. The van der Waals surface area contributed by atoms with E-state index in [1.54, 1.807) is 0 Å². The van der Waals surface area contributed by atoms with Gasteiger partial charge in [-0.15, -0.1) is 0 Å². The van der Waals surface area contributed by atoms with Crippen LogP contribution in [0.2, 0.25) is 0 Å². The van der Waals surface area contributed by atoms with Gasteiger partial charge in [-0.05, 0) is 142 Å². The average Bonchev–Trinajstić information content (AvgIpc) is 3.18. The van der Waals surface area contributed by atoms with E-state index < -0.39 is 0 Å². The number of rotatable bonds is 7. The van der Waals surface area contributed by atoms with Crippen LogP contribution in [-0.4, -0.2) is 0 Å². The van der Waals surface area contributed by atoms with Crippen molar-refractivity contribution in [2.45, 2.75) is 62.3 Å². The van der Waals surface area contributed by atoms with E-state index in [9.17, 15) is 0 Å². The lowest BCUT2D eigenvalue weighted by molar-refractivity contribution is 1.34. The van der Waals surface area contributed by atoms with Gasteiger partial charge in [-0.2, -0.15) is 0 Å². The lowest BCUT2D eigenvalue weighted by Crippen LogP contribution is -2.29. The van der Waals surface area contributed by atoms with Crippen molar-refractivity contribution in [1.29, 1.82) is 0 Å². The molecule has 0 nitrogen and oxygen atoms in total. The number of hydrogen-bond acceptors (Lipinski definition) is 0. The summed E-state index contributed by atoms with van der Waals surface area (Å²) in [6.07, 6.45) is 13.5. The minimum Gasteiger partial charge on any atom is -0.0791 e. The highest BCUT2D eigenvalue weighted by Gasteiger charge is 2.15. The van der Waals surface area contributed by atoms with E-state index in [2.05, 4.69) is 200 Å². The van der Waals surface area contributed by atoms with Crippen molar-refractivity contribution in [3.05, 3.63) is 178 Å². The van der Waals surface area contributed by atoms with Crippen LogP contribution >= 0.6 is 0 Å². The number of fused-ring (bicyclic) bond motifs is 2. The van der Waals surface area contributed by atoms with E-state index in [1.807, 2.05) is 13.8 Å². The Kier molecular flexibility index (Phi) is 12.2. The number of aryl methyl sites for hydroxylation is 1. The molecule has 51 heavy (non-hydrogen) atoms. The summed E-state index contributed by atoms with van der Waals surface area (Å²) in [6, 6.07) is 42.2. The van der Waals surface area contributed by atoms with Gasteiger partial charge in [-0.1, -0.05) is 165 Å². The van der Waals surface area contributed by atoms with Gasteiger partial charge in [0, 0.05) is 0 Å². The molecule has 0 aromatic heterocycles. The molecule has 0 heterocycles. The Labute approximate surface area is 306 Å². The first-order chi connectivity index (χ1) is 24.8. The molecule has 0 fully saturated rings. The second-order valence-electron chi connectivity index (χ2n) is 13.1. The van der Waals surface area contributed by atoms with E-state index in [4.69, 9.17) is 0 Å². The first-order valence-corrected chi connectivity index (χ1v) is 18.3. The molecule has 0 spiro atoms. The van der Waals surface area contributed by atoms with Crippen LogP contribution in [0.5, 0.6) is 0 Å². The molecule has 0 unspecified atom stereocenters. The van der Waals surface area contributed by atoms with Gasteiger partial charge in [0.1, 0.15) is 0 Å². The third-order valence-corrected chi connectivity index (χ3v) is 9.80. The molecule has 256 valence electrons. The fraction of sp³-hybridized carbons (Fsp3) is 0.176. The molecule has 0 atom stereocenters. The molecule has 0 amide bonds. The van der Waals surface area contributed by atoms with Crippen LogP contribution in [-0.2, 0) is 0 Å². The van der Waals surface area contributed by atoms with Gasteiger partial charge in [0.2, 0.25) is 0 Å². The summed E-state index contributed by atoms with van der Waals surface area (Å²) in [6.45, 7) is 19.2. The van der Waals surface area contributed by atoms with Gasteiger partial charge < -0.3 is 0 Å². The Morgan fingerprint density at radius 1 is 0.451 bits per heavy atom. The first-order valence-electron chi connectivity index (χ1n) is 18.3. The van der Waals surface area contributed by atoms with Crippen LogP contribution in [0.15, 0.2) is 151 Å². The SMILES string of the molecule is C/C=c1/c(-c2ccc(/C(C)=C/C=C(C)/C(C)=C/C=C(\C)c3ccccc3)cc2)c2ccccc2c(-c2ccc3cc(C)ccc3c2)/c1=C/C.CC. The zero-order chi connectivity index (χ0) is 36.5. The van der Waals surface area contributed by atoms with Crippen LogP contribution in [0.4, 0.5) is 0 Å². The lowest BCUT2D eigenvalue weighted by Gasteiger charge is -2.16. The third-order valence-electron chi connectivity index (χ3n) is 9.80. The molecule has 0 bridgehead atoms. The molecule has 0 saturated carbocycles. The van der Waals surface area contributed by atoms with E-state index in [-0.39, 0.29) is 0 Å². The van der Waals surface area contributed by atoms with Gasteiger partial charge in [-0.25, -0.2) is 0 Å². The number of allylic oxidation sites excluding steroid dienone is 8. The Morgan fingerprint density at radius 3 is 1.45 bits per heavy atom. The molecule has 6 rings (SSSR count). The predicted molar refractivity (Wildman–Crippen MR) is 229 cm³/mol. The summed E-state index contributed by atoms with van der Waals surface area (Å²) >= 11 is 0. The number of benzene rings is 6. The standard InChI is InChI=1S/C49H46.C2H6/c1-8-44-45(9-2)49(43-30-29-41-31-33(3)19-24-42(41)32-43)47-18-14-13-17-46(47)48(44)40-27-25-39(26-28-40)37(7)23-21-35(5)34(4)20-22-36(6)38-15-11-10-12-16-38;1-2/h8-32H,1-7H3;1-2H3/b34-20+,35-21+,36-22+,37-23+,44-8+,45-9+;. The Hall–Kier alpha value is -5.46. The molecule has 0 saturated heterocycles. The van der Waals surface area contributed by atoms with Crippen molar-refractivity contribution in [2.24, 2.45) is 0 Å². The van der Waals surface area contributed by atoms with E-state index >= 15 is 0 Å². The topological polar surface area (TPSA) is 0 Å². The highest BCUT2D eigenvalue weighted by atomic mass is 14.2. The Bertz CT molecular complexity index is 2410. The van der Waals surface area contributed by atoms with Crippen molar-refractivity contribution >= 4 is 44.8 Å². The molecule has 0 heteroatoms. The molecule has 0 aliphatic rings. The minimum atomic E-state index is 1.23. The van der Waals surface area contributed by atoms with Crippen molar-refractivity contribution in [2.75, 3.05) is 0 Å². The van der Waals surface area contributed by atoms with E-state index in [0.717, 1.165) is 0 Å². The summed E-state index contributed by atoms with van der Waals surface area (Å²) in [5, 5.41) is 7.66. The summed E-state index contributed by atoms with van der Waals surface area (Å²) in [4.78, 5) is 0. The van der Waals surface area contributed by atoms with Gasteiger partial charge in [0.05, 0.1) is 0 Å². The third kappa shape index (κ3) is 8.13. The van der Waals surface area contributed by atoms with Crippen molar-refractivity contribution in [1.82, 2.24) is 0 Å². The van der Waals surface area contributed by atoms with Crippen molar-refractivity contribution < 1.29 is 0 Å². The predicted octanol–water partition coefficient (Wildman–Crippen LogP) is 13.7. The highest BCUT2D eigenvalue weighted by molar-refractivity contribution is 6.06. The van der Waals surface area contributed by atoms with Crippen LogP contribution < -0.4 is 10.4 Å². The van der Waals surface area contributed by atoms with Crippen LogP contribution in [0.3, 0.4) is 0 Å². The highest BCUT2D eigenvalue weighted by Crippen LogP contribution is 2.33. The average molecular weight is 665 g/mol. The molecule has 0 aliphatic heterocycles. The zero-order valence-electron chi connectivity index (χ0n) is 31.9. The first kappa shape index (κ1) is 36.8. The van der Waals surface area contributed by atoms with Gasteiger partial charge >= 0.3 is 0 Å². The van der Waals surface area contributed by atoms with Gasteiger partial charge in [-0.3, -0.25) is 0 Å². The largest absolute Gasteiger partial charge is 0.0791 e. The fourth-order valence-electron chi connectivity index (χ4n) is 6.78. The van der Waals surface area contributed by atoms with Crippen molar-refractivity contribution in [3.8, 4) is 22.3 Å². The smallest absolute Gasteiger partial charge is 0.00296 e. The molecule has 0 N–H and O–H groups in total. The minimum absolute atomic E-state index is 1.23. The molecular weight excluding hydrogens is 613 g/mol. The Balaban J connectivity index is 0.00000248. The summed E-state index contributed by atoms with van der Waals surface area (Å²) in [5.74, 6) is 0. The van der Waals surface area contributed by atoms with E-state index in [0.29, 0.717) is 0 Å². The molecule has 6 aromatic carbocycles. The quantitative estimate of drug-likeness (QED) is 0.149. The van der Waals surface area contributed by atoms with E-state index in [1.165, 1.54) is 93.2 Å². The van der Waals surface area contributed by atoms with Gasteiger partial charge in [0.25, 0.3) is 0 Å². The van der Waals surface area contributed by atoms with Gasteiger partial charge in [0.15, 0.2) is 0 Å². The lowest BCUT2D eigenvalue weighted by atomic mass is 9.87. The van der Waals surface area contributed by atoms with Crippen LogP contribution in [0.1, 0.15) is 72.1 Å². The maximum atomic E-state index is 2.35. The summed E-state index contributed by atoms with van der Waals surface area (Å²) < 4.78 is 0. The molecule has 6 aromatic rings. The van der Waals surface area contributed by atoms with Crippen LogP contribution in [0, 0.1) is 6.92 Å². The normalized spacial score (nSPS) is 13.5. The zero-order valence-corrected chi connectivity index (χ0v) is 31.9. The molecule has 0 aliphatic carbocycles. The molecular formula is C51H52. The second-order valence-corrected chi connectivity index (χ2v) is 13.1. The number of hydrogen-bond donors (Lipinski definition) is 0. The molecule has 0 radical (unpaired) electrons. The summed E-state index contributed by atoms with van der Waals surface area (Å²) in [7, 11) is 0. The van der Waals surface area contributed by atoms with Crippen molar-refractivity contribution in [3.63, 3.8) is 0 Å². The van der Waals surface area contributed by atoms with Crippen LogP contribution in [0.25, 0.3) is 67.1 Å².